The zero-order valence-electron chi connectivity index (χ0n) is 13.0. The average Bonchev–Trinajstić information content (AvgIpc) is 2.75. The minimum Gasteiger partial charge on any atom is -0.302 e. The van der Waals surface area contributed by atoms with E-state index in [1.54, 1.807) is 0 Å². The van der Waals surface area contributed by atoms with E-state index in [1.807, 2.05) is 12.4 Å². The van der Waals surface area contributed by atoms with E-state index < -0.39 is 0 Å². The first-order chi connectivity index (χ1) is 10.4. The Morgan fingerprint density at radius 1 is 1.00 bits per heavy atom. The standard InChI is InChI=1S/C18H27N3/c1-2-5-17(6-3-1)15-20-11-4-12-21(14-13-20)16-18-7-9-19-10-8-18/h1-2,7-10,17H,3-6,11-16H2/t17-/m0/s1. The molecule has 2 heterocycles. The molecule has 0 saturated carbocycles. The third-order valence-electron chi connectivity index (χ3n) is 4.73. The third-order valence-corrected chi connectivity index (χ3v) is 4.73. The maximum atomic E-state index is 4.10. The Kier molecular flexibility index (Phi) is 5.41. The summed E-state index contributed by atoms with van der Waals surface area (Å²) in [5.74, 6) is 0.891. The van der Waals surface area contributed by atoms with Gasteiger partial charge in [-0.15, -0.1) is 0 Å². The van der Waals surface area contributed by atoms with Gasteiger partial charge in [-0.2, -0.15) is 0 Å². The Balaban J connectivity index is 1.46. The molecule has 1 fully saturated rings. The van der Waals surface area contributed by atoms with Crippen LogP contribution in [0.15, 0.2) is 36.7 Å². The minimum atomic E-state index is 0.891. The van der Waals surface area contributed by atoms with Crippen LogP contribution in [0.2, 0.25) is 0 Å². The van der Waals surface area contributed by atoms with E-state index in [4.69, 9.17) is 0 Å². The van der Waals surface area contributed by atoms with Crippen LogP contribution < -0.4 is 0 Å². The van der Waals surface area contributed by atoms with E-state index in [-0.39, 0.29) is 0 Å². The van der Waals surface area contributed by atoms with Gasteiger partial charge in [-0.25, -0.2) is 0 Å². The lowest BCUT2D eigenvalue weighted by atomic mass is 9.94. The van der Waals surface area contributed by atoms with Gasteiger partial charge in [0, 0.05) is 38.6 Å². The summed E-state index contributed by atoms with van der Waals surface area (Å²) >= 11 is 0. The van der Waals surface area contributed by atoms with Crippen LogP contribution in [0.25, 0.3) is 0 Å². The van der Waals surface area contributed by atoms with Crippen molar-refractivity contribution in [2.24, 2.45) is 5.92 Å². The summed E-state index contributed by atoms with van der Waals surface area (Å²) in [6, 6.07) is 4.27. The van der Waals surface area contributed by atoms with Gasteiger partial charge < -0.3 is 4.90 Å². The molecule has 0 aromatic carbocycles. The van der Waals surface area contributed by atoms with E-state index in [9.17, 15) is 0 Å². The molecule has 1 aromatic heterocycles. The minimum absolute atomic E-state index is 0.891. The first-order valence-electron chi connectivity index (χ1n) is 8.39. The number of rotatable bonds is 4. The molecular weight excluding hydrogens is 258 g/mol. The van der Waals surface area contributed by atoms with Crippen molar-refractivity contribution in [1.82, 2.24) is 14.8 Å². The molecule has 1 aliphatic heterocycles. The molecular formula is C18H27N3. The molecule has 3 rings (SSSR count). The topological polar surface area (TPSA) is 19.4 Å². The number of allylic oxidation sites excluding steroid dienone is 2. The van der Waals surface area contributed by atoms with Gasteiger partial charge in [0.25, 0.3) is 0 Å². The number of pyridine rings is 1. The predicted octanol–water partition coefficient (Wildman–Crippen LogP) is 2.95. The van der Waals surface area contributed by atoms with E-state index in [2.05, 4.69) is 39.1 Å². The molecule has 3 nitrogen and oxygen atoms in total. The van der Waals surface area contributed by atoms with Gasteiger partial charge in [0.1, 0.15) is 0 Å². The van der Waals surface area contributed by atoms with Crippen LogP contribution in [0.3, 0.4) is 0 Å². The first kappa shape index (κ1) is 14.7. The van der Waals surface area contributed by atoms with Gasteiger partial charge in [-0.1, -0.05) is 12.2 Å². The molecule has 0 N–H and O–H groups in total. The molecule has 0 bridgehead atoms. The highest BCUT2D eigenvalue weighted by Crippen LogP contribution is 2.20. The van der Waals surface area contributed by atoms with Gasteiger partial charge in [0.05, 0.1) is 0 Å². The SMILES string of the molecule is C1=CC[C@H](CN2CCCN(Cc3ccncc3)CC2)CC1. The molecule has 0 radical (unpaired) electrons. The van der Waals surface area contributed by atoms with Crippen molar-refractivity contribution in [1.29, 1.82) is 0 Å². The van der Waals surface area contributed by atoms with Gasteiger partial charge in [-0.3, -0.25) is 9.88 Å². The maximum Gasteiger partial charge on any atom is 0.0271 e. The summed E-state index contributed by atoms with van der Waals surface area (Å²) < 4.78 is 0. The van der Waals surface area contributed by atoms with Crippen LogP contribution >= 0.6 is 0 Å². The zero-order chi connectivity index (χ0) is 14.3. The van der Waals surface area contributed by atoms with Gasteiger partial charge in [0.15, 0.2) is 0 Å². The van der Waals surface area contributed by atoms with Crippen molar-refractivity contribution in [2.75, 3.05) is 32.7 Å². The molecule has 21 heavy (non-hydrogen) atoms. The normalized spacial score (nSPS) is 24.9. The van der Waals surface area contributed by atoms with Gasteiger partial charge >= 0.3 is 0 Å². The van der Waals surface area contributed by atoms with E-state index in [0.29, 0.717) is 0 Å². The van der Waals surface area contributed by atoms with Crippen LogP contribution in [0.5, 0.6) is 0 Å². The van der Waals surface area contributed by atoms with Gasteiger partial charge in [0.2, 0.25) is 0 Å². The first-order valence-corrected chi connectivity index (χ1v) is 8.39. The number of hydrogen-bond donors (Lipinski definition) is 0. The molecule has 3 heteroatoms. The van der Waals surface area contributed by atoms with Crippen LogP contribution in [0.1, 0.15) is 31.2 Å². The molecule has 1 aliphatic carbocycles. The Bertz CT molecular complexity index is 443. The highest BCUT2D eigenvalue weighted by Gasteiger charge is 2.18. The zero-order valence-corrected chi connectivity index (χ0v) is 13.0. The fourth-order valence-corrected chi connectivity index (χ4v) is 3.50. The lowest BCUT2D eigenvalue weighted by Crippen LogP contribution is -2.34. The molecule has 1 atom stereocenters. The molecule has 0 amide bonds. The Labute approximate surface area is 128 Å². The summed E-state index contributed by atoms with van der Waals surface area (Å²) in [7, 11) is 0. The van der Waals surface area contributed by atoms with E-state index in [0.717, 1.165) is 12.5 Å². The second-order valence-corrected chi connectivity index (χ2v) is 6.44. The largest absolute Gasteiger partial charge is 0.302 e. The van der Waals surface area contributed by atoms with Crippen LogP contribution in [0.4, 0.5) is 0 Å². The highest BCUT2D eigenvalue weighted by molar-refractivity contribution is 5.09. The van der Waals surface area contributed by atoms with Crippen molar-refractivity contribution in [3.8, 4) is 0 Å². The molecule has 1 saturated heterocycles. The lowest BCUT2D eigenvalue weighted by molar-refractivity contribution is 0.219. The molecule has 0 spiro atoms. The van der Waals surface area contributed by atoms with Crippen molar-refractivity contribution in [3.05, 3.63) is 42.2 Å². The molecule has 0 unspecified atom stereocenters. The fraction of sp³-hybridized carbons (Fsp3) is 0.611. The predicted molar refractivity (Wildman–Crippen MR) is 87.1 cm³/mol. The monoisotopic (exact) mass is 285 g/mol. The smallest absolute Gasteiger partial charge is 0.0271 e. The summed E-state index contributed by atoms with van der Waals surface area (Å²) in [5, 5.41) is 0. The Hall–Kier alpha value is -1.19. The number of hydrogen-bond acceptors (Lipinski definition) is 3. The Morgan fingerprint density at radius 3 is 2.62 bits per heavy atom. The van der Waals surface area contributed by atoms with Crippen molar-refractivity contribution < 1.29 is 0 Å². The number of nitrogens with zero attached hydrogens (tertiary/aromatic N) is 3. The quantitative estimate of drug-likeness (QED) is 0.793. The number of aromatic nitrogens is 1. The van der Waals surface area contributed by atoms with Crippen molar-refractivity contribution in [2.45, 2.75) is 32.2 Å². The maximum absolute atomic E-state index is 4.10. The second-order valence-electron chi connectivity index (χ2n) is 6.44. The van der Waals surface area contributed by atoms with Crippen LogP contribution in [-0.2, 0) is 6.54 Å². The Morgan fingerprint density at radius 2 is 1.81 bits per heavy atom. The van der Waals surface area contributed by atoms with Crippen molar-refractivity contribution >= 4 is 0 Å². The van der Waals surface area contributed by atoms with E-state index >= 15 is 0 Å². The highest BCUT2D eigenvalue weighted by atomic mass is 15.2. The van der Waals surface area contributed by atoms with Crippen molar-refractivity contribution in [3.63, 3.8) is 0 Å². The summed E-state index contributed by atoms with van der Waals surface area (Å²) in [6.45, 7) is 7.29. The molecule has 114 valence electrons. The lowest BCUT2D eigenvalue weighted by Gasteiger charge is -2.27. The fourth-order valence-electron chi connectivity index (χ4n) is 3.50. The second kappa shape index (κ2) is 7.71. The summed E-state index contributed by atoms with van der Waals surface area (Å²) in [5.41, 5.74) is 1.39. The molecule has 1 aromatic rings. The van der Waals surface area contributed by atoms with E-state index in [1.165, 1.54) is 64.0 Å². The third kappa shape index (κ3) is 4.65. The summed E-state index contributed by atoms with van der Waals surface area (Å²) in [4.78, 5) is 9.39. The van der Waals surface area contributed by atoms with Crippen LogP contribution in [0, 0.1) is 5.92 Å². The average molecular weight is 285 g/mol. The summed E-state index contributed by atoms with van der Waals surface area (Å²) in [6.07, 6.45) is 13.8. The molecule has 2 aliphatic rings. The van der Waals surface area contributed by atoms with Crippen LogP contribution in [-0.4, -0.2) is 47.5 Å². The van der Waals surface area contributed by atoms with Gasteiger partial charge in [-0.05, 0) is 62.4 Å².